The first-order valence-corrected chi connectivity index (χ1v) is 9.74. The average molecular weight is 380 g/mol. The smallest absolute Gasteiger partial charge is 0.263 e. The van der Waals surface area contributed by atoms with E-state index in [1.807, 2.05) is 29.2 Å². The fraction of sp³-hybridized carbons (Fsp3) is 0.238. The molecule has 27 heavy (non-hydrogen) atoms. The van der Waals surface area contributed by atoms with Gasteiger partial charge in [0.25, 0.3) is 11.8 Å². The van der Waals surface area contributed by atoms with Crippen LogP contribution in [0.3, 0.4) is 0 Å². The summed E-state index contributed by atoms with van der Waals surface area (Å²) in [6, 6.07) is 14.6. The van der Waals surface area contributed by atoms with Gasteiger partial charge in [-0.3, -0.25) is 9.59 Å². The SMILES string of the molecule is COc1ccc(C(=O)Nc2ccc3sc(C(=O)N4CCCC4)cc3c2)cc1. The highest BCUT2D eigenvalue weighted by atomic mass is 32.1. The summed E-state index contributed by atoms with van der Waals surface area (Å²) in [5.41, 5.74) is 1.27. The van der Waals surface area contributed by atoms with Crippen molar-refractivity contribution < 1.29 is 14.3 Å². The number of rotatable bonds is 4. The van der Waals surface area contributed by atoms with Crippen LogP contribution in [-0.4, -0.2) is 36.9 Å². The van der Waals surface area contributed by atoms with Crippen molar-refractivity contribution in [3.8, 4) is 5.75 Å². The molecule has 0 spiro atoms. The Morgan fingerprint density at radius 2 is 1.78 bits per heavy atom. The number of carbonyl (C=O) groups is 2. The third kappa shape index (κ3) is 3.66. The van der Waals surface area contributed by atoms with Crippen LogP contribution < -0.4 is 10.1 Å². The summed E-state index contributed by atoms with van der Waals surface area (Å²) in [6.07, 6.45) is 2.16. The first kappa shape index (κ1) is 17.5. The lowest BCUT2D eigenvalue weighted by molar-refractivity contribution is 0.0797. The number of thiophene rings is 1. The lowest BCUT2D eigenvalue weighted by Gasteiger charge is -2.13. The highest BCUT2D eigenvalue weighted by molar-refractivity contribution is 7.20. The molecule has 0 radical (unpaired) electrons. The van der Waals surface area contributed by atoms with E-state index >= 15 is 0 Å². The van der Waals surface area contributed by atoms with Gasteiger partial charge in [0.05, 0.1) is 12.0 Å². The molecule has 1 aromatic heterocycles. The molecule has 1 aliphatic heterocycles. The fourth-order valence-electron chi connectivity index (χ4n) is 3.25. The molecule has 4 rings (SSSR count). The topological polar surface area (TPSA) is 58.6 Å². The quantitative estimate of drug-likeness (QED) is 0.730. The molecule has 0 bridgehead atoms. The number of methoxy groups -OCH3 is 1. The maximum absolute atomic E-state index is 12.6. The van der Waals surface area contributed by atoms with Crippen molar-refractivity contribution in [2.75, 3.05) is 25.5 Å². The zero-order valence-electron chi connectivity index (χ0n) is 15.0. The lowest BCUT2D eigenvalue weighted by Crippen LogP contribution is -2.26. The van der Waals surface area contributed by atoms with Crippen molar-refractivity contribution in [3.63, 3.8) is 0 Å². The van der Waals surface area contributed by atoms with Crippen molar-refractivity contribution in [1.29, 1.82) is 0 Å². The van der Waals surface area contributed by atoms with Crippen LogP contribution in [0, 0.1) is 0 Å². The molecule has 6 heteroatoms. The van der Waals surface area contributed by atoms with Crippen LogP contribution in [0.5, 0.6) is 5.75 Å². The van der Waals surface area contributed by atoms with Gasteiger partial charge in [-0.25, -0.2) is 0 Å². The van der Waals surface area contributed by atoms with Gasteiger partial charge in [-0.2, -0.15) is 0 Å². The van der Waals surface area contributed by atoms with E-state index < -0.39 is 0 Å². The highest BCUT2D eigenvalue weighted by Crippen LogP contribution is 2.30. The Bertz CT molecular complexity index is 988. The number of fused-ring (bicyclic) bond motifs is 1. The summed E-state index contributed by atoms with van der Waals surface area (Å²) in [5, 5.41) is 3.88. The van der Waals surface area contributed by atoms with Crippen LogP contribution in [-0.2, 0) is 0 Å². The summed E-state index contributed by atoms with van der Waals surface area (Å²) < 4.78 is 6.15. The predicted molar refractivity (Wildman–Crippen MR) is 108 cm³/mol. The van der Waals surface area contributed by atoms with Crippen LogP contribution in [0.25, 0.3) is 10.1 Å². The molecule has 0 atom stereocenters. The van der Waals surface area contributed by atoms with Crippen molar-refractivity contribution in [1.82, 2.24) is 4.90 Å². The molecule has 2 aromatic carbocycles. The van der Waals surface area contributed by atoms with Gasteiger partial charge >= 0.3 is 0 Å². The molecule has 2 heterocycles. The first-order chi connectivity index (χ1) is 13.1. The molecule has 1 aliphatic rings. The Morgan fingerprint density at radius 1 is 1.04 bits per heavy atom. The van der Waals surface area contributed by atoms with Gasteiger partial charge in [-0.05, 0) is 66.8 Å². The Labute approximate surface area is 161 Å². The minimum atomic E-state index is -0.180. The molecule has 1 N–H and O–H groups in total. The van der Waals surface area contributed by atoms with Gasteiger partial charge in [-0.1, -0.05) is 0 Å². The van der Waals surface area contributed by atoms with E-state index in [0.29, 0.717) is 17.0 Å². The Morgan fingerprint density at radius 3 is 2.48 bits per heavy atom. The van der Waals surface area contributed by atoms with E-state index in [9.17, 15) is 9.59 Å². The number of nitrogens with one attached hydrogen (secondary N) is 1. The zero-order chi connectivity index (χ0) is 18.8. The second-order valence-corrected chi connectivity index (χ2v) is 7.63. The summed E-state index contributed by atoms with van der Waals surface area (Å²) in [6.45, 7) is 1.69. The number of amides is 2. The van der Waals surface area contributed by atoms with Crippen molar-refractivity contribution in [2.45, 2.75) is 12.8 Å². The molecule has 1 fully saturated rings. The van der Waals surface area contributed by atoms with Crippen LogP contribution in [0.1, 0.15) is 32.9 Å². The van der Waals surface area contributed by atoms with Gasteiger partial charge in [0.15, 0.2) is 0 Å². The highest BCUT2D eigenvalue weighted by Gasteiger charge is 2.21. The van der Waals surface area contributed by atoms with Crippen LogP contribution >= 0.6 is 11.3 Å². The molecular formula is C21H20N2O3S. The maximum Gasteiger partial charge on any atom is 0.263 e. The molecule has 1 saturated heterocycles. The normalized spacial score (nSPS) is 13.7. The second kappa shape index (κ2) is 7.40. The number of hydrogen-bond acceptors (Lipinski definition) is 4. The largest absolute Gasteiger partial charge is 0.497 e. The predicted octanol–water partition coefficient (Wildman–Crippen LogP) is 4.40. The average Bonchev–Trinajstić information content (AvgIpc) is 3.37. The monoisotopic (exact) mass is 380 g/mol. The molecule has 2 amide bonds. The van der Waals surface area contributed by atoms with E-state index in [1.54, 1.807) is 31.4 Å². The van der Waals surface area contributed by atoms with Gasteiger partial charge in [-0.15, -0.1) is 11.3 Å². The molecule has 0 saturated carbocycles. The van der Waals surface area contributed by atoms with Gasteiger partial charge in [0.1, 0.15) is 5.75 Å². The molecule has 138 valence electrons. The summed E-state index contributed by atoms with van der Waals surface area (Å²) in [5.74, 6) is 0.638. The second-order valence-electron chi connectivity index (χ2n) is 6.55. The molecule has 3 aromatic rings. The lowest BCUT2D eigenvalue weighted by atomic mass is 10.2. The van der Waals surface area contributed by atoms with E-state index in [2.05, 4.69) is 5.32 Å². The minimum absolute atomic E-state index is 0.109. The maximum atomic E-state index is 12.6. The number of likely N-dealkylation sites (tertiary alicyclic amines) is 1. The third-order valence-corrected chi connectivity index (χ3v) is 5.83. The number of carbonyl (C=O) groups excluding carboxylic acids is 2. The Balaban J connectivity index is 1.52. The van der Waals surface area contributed by atoms with Crippen LogP contribution in [0.15, 0.2) is 48.5 Å². The van der Waals surface area contributed by atoms with Gasteiger partial charge in [0.2, 0.25) is 0 Å². The zero-order valence-corrected chi connectivity index (χ0v) is 15.8. The third-order valence-electron chi connectivity index (χ3n) is 4.73. The first-order valence-electron chi connectivity index (χ1n) is 8.92. The van der Waals surface area contributed by atoms with Gasteiger partial charge in [0, 0.05) is 29.0 Å². The summed E-state index contributed by atoms with van der Waals surface area (Å²) >= 11 is 1.50. The van der Waals surface area contributed by atoms with Crippen molar-refractivity contribution in [3.05, 3.63) is 59.0 Å². The molecule has 5 nitrogen and oxygen atoms in total. The fourth-order valence-corrected chi connectivity index (χ4v) is 4.26. The minimum Gasteiger partial charge on any atom is -0.497 e. The van der Waals surface area contributed by atoms with Crippen molar-refractivity contribution in [2.24, 2.45) is 0 Å². The van der Waals surface area contributed by atoms with Gasteiger partial charge < -0.3 is 15.0 Å². The van der Waals surface area contributed by atoms with E-state index in [0.717, 1.165) is 40.9 Å². The Kier molecular flexibility index (Phi) is 4.81. The van der Waals surface area contributed by atoms with E-state index in [-0.39, 0.29) is 11.8 Å². The Hall–Kier alpha value is -2.86. The van der Waals surface area contributed by atoms with E-state index in [4.69, 9.17) is 4.74 Å². The number of hydrogen-bond donors (Lipinski definition) is 1. The number of ether oxygens (including phenoxy) is 1. The van der Waals surface area contributed by atoms with Crippen LogP contribution in [0.4, 0.5) is 5.69 Å². The number of nitrogens with zero attached hydrogens (tertiary/aromatic N) is 1. The van der Waals surface area contributed by atoms with Crippen molar-refractivity contribution >= 4 is 38.9 Å². The van der Waals surface area contributed by atoms with Crippen LogP contribution in [0.2, 0.25) is 0 Å². The molecular weight excluding hydrogens is 360 g/mol. The number of benzene rings is 2. The number of anilines is 1. The summed E-state index contributed by atoms with van der Waals surface area (Å²) in [7, 11) is 1.59. The molecule has 0 unspecified atom stereocenters. The molecule has 0 aliphatic carbocycles. The summed E-state index contributed by atoms with van der Waals surface area (Å²) in [4.78, 5) is 27.7. The van der Waals surface area contributed by atoms with E-state index in [1.165, 1.54) is 11.3 Å². The standard InChI is InChI=1S/C21H20N2O3S/c1-26-17-7-4-14(5-8-17)20(24)22-16-6-9-18-15(12-16)13-19(27-18)21(25)23-10-2-3-11-23/h4-9,12-13H,2-3,10-11H2,1H3,(H,22,24).